The lowest BCUT2D eigenvalue weighted by molar-refractivity contribution is 0.0942. The van der Waals surface area contributed by atoms with E-state index in [9.17, 15) is 9.18 Å². The van der Waals surface area contributed by atoms with Crippen LogP contribution in [0.2, 0.25) is 0 Å². The minimum atomic E-state index is -0.383. The molecule has 0 aliphatic heterocycles. The highest BCUT2D eigenvalue weighted by molar-refractivity contribution is 9.10. The SMILES string of the molecule is CN(CC(=O)c1cccc(F)c1)Cc1ccc(Br)cc1. The molecule has 0 N–H and O–H groups in total. The molecule has 0 aromatic heterocycles. The predicted octanol–water partition coefficient (Wildman–Crippen LogP) is 3.90. The van der Waals surface area contributed by atoms with Crippen LogP contribution in [0.4, 0.5) is 4.39 Å². The number of benzene rings is 2. The Morgan fingerprint density at radius 2 is 1.90 bits per heavy atom. The van der Waals surface area contributed by atoms with E-state index in [1.165, 1.54) is 12.1 Å². The summed E-state index contributed by atoms with van der Waals surface area (Å²) in [7, 11) is 1.87. The Kier molecular flexibility index (Phi) is 5.04. The van der Waals surface area contributed by atoms with Crippen molar-refractivity contribution in [1.29, 1.82) is 0 Å². The monoisotopic (exact) mass is 335 g/mol. The number of carbonyl (C=O) groups excluding carboxylic acids is 1. The van der Waals surface area contributed by atoms with E-state index in [-0.39, 0.29) is 18.1 Å². The van der Waals surface area contributed by atoms with Crippen molar-refractivity contribution in [3.8, 4) is 0 Å². The number of hydrogen-bond acceptors (Lipinski definition) is 2. The Balaban J connectivity index is 1.95. The Labute approximate surface area is 126 Å². The number of Topliss-reactive ketones (excluding diaryl/α,β-unsaturated/α-hetero) is 1. The second-order valence-electron chi connectivity index (χ2n) is 4.73. The molecule has 20 heavy (non-hydrogen) atoms. The fraction of sp³-hybridized carbons (Fsp3) is 0.188. The van der Waals surface area contributed by atoms with Gasteiger partial charge in [0.1, 0.15) is 5.82 Å². The highest BCUT2D eigenvalue weighted by Crippen LogP contribution is 2.12. The molecule has 0 spiro atoms. The molecule has 0 aliphatic rings. The van der Waals surface area contributed by atoms with E-state index in [1.54, 1.807) is 12.1 Å². The number of rotatable bonds is 5. The molecule has 0 radical (unpaired) electrons. The largest absolute Gasteiger partial charge is 0.295 e. The van der Waals surface area contributed by atoms with E-state index in [1.807, 2.05) is 36.2 Å². The van der Waals surface area contributed by atoms with Gasteiger partial charge in [0, 0.05) is 16.6 Å². The van der Waals surface area contributed by atoms with E-state index in [0.717, 1.165) is 10.0 Å². The van der Waals surface area contributed by atoms with Crippen molar-refractivity contribution in [2.45, 2.75) is 6.54 Å². The lowest BCUT2D eigenvalue weighted by atomic mass is 10.1. The van der Waals surface area contributed by atoms with Gasteiger partial charge in [-0.05, 0) is 36.9 Å². The van der Waals surface area contributed by atoms with Crippen LogP contribution in [0.1, 0.15) is 15.9 Å². The maximum absolute atomic E-state index is 13.1. The zero-order valence-corrected chi connectivity index (χ0v) is 12.7. The van der Waals surface area contributed by atoms with Gasteiger partial charge >= 0.3 is 0 Å². The summed E-state index contributed by atoms with van der Waals surface area (Å²) in [6.07, 6.45) is 0. The fourth-order valence-corrected chi connectivity index (χ4v) is 2.22. The van der Waals surface area contributed by atoms with E-state index in [0.29, 0.717) is 12.1 Å². The molecule has 0 atom stereocenters. The van der Waals surface area contributed by atoms with Gasteiger partial charge in [0.25, 0.3) is 0 Å². The molecule has 0 aliphatic carbocycles. The first-order chi connectivity index (χ1) is 9.54. The Hall–Kier alpha value is -1.52. The van der Waals surface area contributed by atoms with Crippen LogP contribution in [0.5, 0.6) is 0 Å². The van der Waals surface area contributed by atoms with Crippen LogP contribution < -0.4 is 0 Å². The first kappa shape index (κ1) is 14.9. The molecular formula is C16H15BrFNO. The van der Waals surface area contributed by atoms with Gasteiger partial charge in [-0.15, -0.1) is 0 Å². The Bertz CT molecular complexity index is 598. The summed E-state index contributed by atoms with van der Waals surface area (Å²) in [5.41, 5.74) is 1.54. The molecule has 2 aromatic rings. The normalized spacial score (nSPS) is 10.8. The molecule has 0 saturated heterocycles. The molecular weight excluding hydrogens is 321 g/mol. The number of hydrogen-bond donors (Lipinski definition) is 0. The topological polar surface area (TPSA) is 20.3 Å². The Morgan fingerprint density at radius 1 is 1.20 bits per heavy atom. The van der Waals surface area contributed by atoms with Gasteiger partial charge in [-0.3, -0.25) is 9.69 Å². The molecule has 0 fully saturated rings. The summed E-state index contributed by atoms with van der Waals surface area (Å²) in [6, 6.07) is 13.8. The van der Waals surface area contributed by atoms with Gasteiger partial charge in [-0.2, -0.15) is 0 Å². The highest BCUT2D eigenvalue weighted by atomic mass is 79.9. The van der Waals surface area contributed by atoms with E-state index in [2.05, 4.69) is 15.9 Å². The quantitative estimate of drug-likeness (QED) is 0.772. The maximum Gasteiger partial charge on any atom is 0.176 e. The van der Waals surface area contributed by atoms with Crippen LogP contribution in [-0.2, 0) is 6.54 Å². The molecule has 2 nitrogen and oxygen atoms in total. The second-order valence-corrected chi connectivity index (χ2v) is 5.65. The average Bonchev–Trinajstić information content (AvgIpc) is 2.41. The summed E-state index contributed by atoms with van der Waals surface area (Å²) >= 11 is 3.39. The van der Waals surface area contributed by atoms with E-state index < -0.39 is 0 Å². The van der Waals surface area contributed by atoms with Crippen LogP contribution in [0.3, 0.4) is 0 Å². The van der Waals surface area contributed by atoms with Crippen LogP contribution in [0.25, 0.3) is 0 Å². The summed E-state index contributed by atoms with van der Waals surface area (Å²) in [5.74, 6) is -0.462. The van der Waals surface area contributed by atoms with Crippen molar-refractivity contribution >= 4 is 21.7 Å². The summed E-state index contributed by atoms with van der Waals surface area (Å²) < 4.78 is 14.1. The van der Waals surface area contributed by atoms with E-state index >= 15 is 0 Å². The van der Waals surface area contributed by atoms with Gasteiger partial charge in [-0.1, -0.05) is 40.2 Å². The summed E-state index contributed by atoms with van der Waals surface area (Å²) in [5, 5.41) is 0. The molecule has 4 heteroatoms. The molecule has 0 saturated carbocycles. The average molecular weight is 336 g/mol. The van der Waals surface area contributed by atoms with E-state index in [4.69, 9.17) is 0 Å². The molecule has 0 amide bonds. The van der Waals surface area contributed by atoms with Crippen molar-refractivity contribution in [2.75, 3.05) is 13.6 Å². The van der Waals surface area contributed by atoms with Crippen molar-refractivity contribution in [1.82, 2.24) is 4.90 Å². The van der Waals surface area contributed by atoms with Gasteiger partial charge < -0.3 is 0 Å². The predicted molar refractivity (Wildman–Crippen MR) is 81.2 cm³/mol. The van der Waals surface area contributed by atoms with Gasteiger partial charge in [0.2, 0.25) is 0 Å². The van der Waals surface area contributed by atoms with Crippen LogP contribution in [0.15, 0.2) is 53.0 Å². The van der Waals surface area contributed by atoms with Crippen molar-refractivity contribution < 1.29 is 9.18 Å². The zero-order valence-electron chi connectivity index (χ0n) is 11.1. The summed E-state index contributed by atoms with van der Waals surface area (Å²) in [4.78, 5) is 13.9. The van der Waals surface area contributed by atoms with Gasteiger partial charge in [-0.25, -0.2) is 4.39 Å². The molecule has 2 rings (SSSR count). The first-order valence-corrected chi connectivity index (χ1v) is 7.05. The maximum atomic E-state index is 13.1. The van der Waals surface area contributed by atoms with Crippen molar-refractivity contribution in [3.05, 3.63) is 69.9 Å². The smallest absolute Gasteiger partial charge is 0.176 e. The number of nitrogens with zero attached hydrogens (tertiary/aromatic N) is 1. The van der Waals surface area contributed by atoms with Gasteiger partial charge in [0.15, 0.2) is 5.78 Å². The minimum absolute atomic E-state index is 0.0795. The minimum Gasteiger partial charge on any atom is -0.295 e. The number of halogens is 2. The lowest BCUT2D eigenvalue weighted by Crippen LogP contribution is -2.25. The Morgan fingerprint density at radius 3 is 2.55 bits per heavy atom. The molecule has 2 aromatic carbocycles. The third kappa shape index (κ3) is 4.25. The lowest BCUT2D eigenvalue weighted by Gasteiger charge is -2.16. The number of likely N-dealkylation sites (N-methyl/N-ethyl adjacent to an activating group) is 1. The number of carbonyl (C=O) groups is 1. The number of ketones is 1. The van der Waals surface area contributed by atoms with Crippen molar-refractivity contribution in [3.63, 3.8) is 0 Å². The standard InChI is InChI=1S/C16H15BrFNO/c1-19(10-12-5-7-14(17)8-6-12)11-16(20)13-3-2-4-15(18)9-13/h2-9H,10-11H2,1H3. The third-order valence-corrected chi connectivity index (χ3v) is 3.45. The molecule has 0 heterocycles. The fourth-order valence-electron chi connectivity index (χ4n) is 1.96. The molecule has 0 bridgehead atoms. The highest BCUT2D eigenvalue weighted by Gasteiger charge is 2.10. The molecule has 104 valence electrons. The summed E-state index contributed by atoms with van der Waals surface area (Å²) in [6.45, 7) is 0.938. The third-order valence-electron chi connectivity index (χ3n) is 2.93. The first-order valence-electron chi connectivity index (χ1n) is 6.26. The van der Waals surface area contributed by atoms with Crippen LogP contribution in [-0.4, -0.2) is 24.3 Å². The van der Waals surface area contributed by atoms with Gasteiger partial charge in [0.05, 0.1) is 6.54 Å². The van der Waals surface area contributed by atoms with Crippen molar-refractivity contribution in [2.24, 2.45) is 0 Å². The van der Waals surface area contributed by atoms with Crippen LogP contribution in [0, 0.1) is 5.82 Å². The molecule has 0 unspecified atom stereocenters. The second kappa shape index (κ2) is 6.77. The van der Waals surface area contributed by atoms with Crippen LogP contribution >= 0.6 is 15.9 Å². The zero-order chi connectivity index (χ0) is 14.5.